The molecule has 4 heteroatoms. The minimum absolute atomic E-state index is 0.126. The Balaban J connectivity index is 2.38. The summed E-state index contributed by atoms with van der Waals surface area (Å²) in [6.45, 7) is 6.79. The number of nitrogens with one attached hydrogen (secondary N) is 1. The second-order valence-electron chi connectivity index (χ2n) is 4.06. The molecule has 0 aromatic carbocycles. The maximum atomic E-state index is 11.4. The molecule has 4 nitrogen and oxygen atoms in total. The minimum Gasteiger partial charge on any atom is -0.466 e. The fourth-order valence-corrected chi connectivity index (χ4v) is 1.49. The van der Waals surface area contributed by atoms with E-state index in [1.165, 1.54) is 0 Å². The molecule has 0 radical (unpaired) electrons. The molecular formula is C13H20N2O2. The average molecular weight is 236 g/mol. The largest absolute Gasteiger partial charge is 0.466 e. The van der Waals surface area contributed by atoms with Crippen molar-refractivity contribution >= 4 is 5.97 Å². The van der Waals surface area contributed by atoms with Crippen LogP contribution in [-0.4, -0.2) is 24.1 Å². The Bertz CT molecular complexity index is 341. The van der Waals surface area contributed by atoms with E-state index in [4.69, 9.17) is 4.74 Å². The highest BCUT2D eigenvalue weighted by Gasteiger charge is 2.15. The zero-order chi connectivity index (χ0) is 12.7. The highest BCUT2D eigenvalue weighted by molar-refractivity contribution is 5.72. The number of carbonyl (C=O) groups is 1. The quantitative estimate of drug-likeness (QED) is 0.767. The normalized spacial score (nSPS) is 14.1. The highest BCUT2D eigenvalue weighted by atomic mass is 16.5. The van der Waals surface area contributed by atoms with Gasteiger partial charge in [0.25, 0.3) is 0 Å². The van der Waals surface area contributed by atoms with E-state index < -0.39 is 0 Å². The molecule has 1 N–H and O–H groups in total. The van der Waals surface area contributed by atoms with Gasteiger partial charge in [-0.25, -0.2) is 0 Å². The highest BCUT2D eigenvalue weighted by Crippen LogP contribution is 2.10. The predicted octanol–water partition coefficient (Wildman–Crippen LogP) is 1.93. The molecule has 1 rings (SSSR count). The van der Waals surface area contributed by atoms with Crippen molar-refractivity contribution in [1.82, 2.24) is 10.3 Å². The van der Waals surface area contributed by atoms with E-state index in [1.807, 2.05) is 26.0 Å². The second-order valence-corrected chi connectivity index (χ2v) is 4.06. The lowest BCUT2D eigenvalue weighted by Crippen LogP contribution is -2.29. The third kappa shape index (κ3) is 4.53. The molecule has 94 valence electrons. The van der Waals surface area contributed by atoms with Crippen LogP contribution in [0.5, 0.6) is 0 Å². The average Bonchev–Trinajstić information content (AvgIpc) is 2.36. The summed E-state index contributed by atoms with van der Waals surface area (Å²) in [5.74, 6) is -0.277. The lowest BCUT2D eigenvalue weighted by Gasteiger charge is -2.17. The van der Waals surface area contributed by atoms with Crippen LogP contribution in [0.1, 0.15) is 32.4 Å². The van der Waals surface area contributed by atoms with E-state index >= 15 is 0 Å². The Morgan fingerprint density at radius 2 is 2.06 bits per heavy atom. The van der Waals surface area contributed by atoms with Gasteiger partial charge in [-0.05, 0) is 31.5 Å². The van der Waals surface area contributed by atoms with Gasteiger partial charge in [-0.15, -0.1) is 0 Å². The molecule has 0 aliphatic heterocycles. The maximum absolute atomic E-state index is 11.4. The van der Waals surface area contributed by atoms with Crippen LogP contribution in [0.2, 0.25) is 0 Å². The van der Waals surface area contributed by atoms with E-state index in [-0.39, 0.29) is 17.9 Å². The molecule has 2 atom stereocenters. The zero-order valence-electron chi connectivity index (χ0n) is 10.6. The monoisotopic (exact) mass is 236 g/mol. The van der Waals surface area contributed by atoms with Gasteiger partial charge in [-0.1, -0.05) is 6.92 Å². The van der Waals surface area contributed by atoms with Crippen LogP contribution >= 0.6 is 0 Å². The van der Waals surface area contributed by atoms with Crippen molar-refractivity contribution in [1.29, 1.82) is 0 Å². The van der Waals surface area contributed by atoms with Crippen molar-refractivity contribution in [2.24, 2.45) is 5.92 Å². The summed E-state index contributed by atoms with van der Waals surface area (Å²) in [6.07, 6.45) is 3.53. The summed E-state index contributed by atoms with van der Waals surface area (Å²) in [6, 6.07) is 4.13. The molecule has 0 amide bonds. The number of pyridine rings is 1. The summed E-state index contributed by atoms with van der Waals surface area (Å²) in [4.78, 5) is 15.4. The molecule has 0 saturated heterocycles. The van der Waals surface area contributed by atoms with Gasteiger partial charge in [-0.3, -0.25) is 9.78 Å². The first-order valence-electron chi connectivity index (χ1n) is 5.95. The Kier molecular flexibility index (Phi) is 5.63. The van der Waals surface area contributed by atoms with E-state index in [2.05, 4.69) is 17.2 Å². The van der Waals surface area contributed by atoms with Crippen molar-refractivity contribution < 1.29 is 9.53 Å². The fraction of sp³-hybridized carbons (Fsp3) is 0.538. The molecule has 17 heavy (non-hydrogen) atoms. The Morgan fingerprint density at radius 1 is 1.41 bits per heavy atom. The van der Waals surface area contributed by atoms with Crippen molar-refractivity contribution in [3.63, 3.8) is 0 Å². The fourth-order valence-electron chi connectivity index (χ4n) is 1.49. The third-order valence-electron chi connectivity index (χ3n) is 2.63. The second kappa shape index (κ2) is 7.01. The topological polar surface area (TPSA) is 51.2 Å². The van der Waals surface area contributed by atoms with Gasteiger partial charge in [0.1, 0.15) is 0 Å². The number of esters is 1. The van der Waals surface area contributed by atoms with Crippen LogP contribution in [0.4, 0.5) is 0 Å². The molecule has 0 bridgehead atoms. The first-order valence-corrected chi connectivity index (χ1v) is 5.95. The van der Waals surface area contributed by atoms with Crippen LogP contribution in [0.25, 0.3) is 0 Å². The van der Waals surface area contributed by atoms with Crippen molar-refractivity contribution in [2.75, 3.05) is 13.2 Å². The molecule has 0 aliphatic rings. The summed E-state index contributed by atoms with van der Waals surface area (Å²) in [5, 5.41) is 3.31. The molecule has 1 aromatic heterocycles. The van der Waals surface area contributed by atoms with E-state index in [1.54, 1.807) is 12.4 Å². The summed E-state index contributed by atoms with van der Waals surface area (Å²) < 4.78 is 4.95. The SMILES string of the molecule is CCOC(=O)C(C)CNC(C)c1ccncc1. The molecule has 0 aliphatic carbocycles. The number of rotatable bonds is 6. The summed E-state index contributed by atoms with van der Waals surface area (Å²) >= 11 is 0. The van der Waals surface area contributed by atoms with Crippen LogP contribution < -0.4 is 5.32 Å². The van der Waals surface area contributed by atoms with Gasteiger partial charge in [0.05, 0.1) is 12.5 Å². The lowest BCUT2D eigenvalue weighted by atomic mass is 10.1. The summed E-state index contributed by atoms with van der Waals surface area (Å²) in [7, 11) is 0. The third-order valence-corrected chi connectivity index (χ3v) is 2.63. The minimum atomic E-state index is -0.151. The van der Waals surface area contributed by atoms with Gasteiger partial charge in [-0.2, -0.15) is 0 Å². The van der Waals surface area contributed by atoms with Gasteiger partial charge in [0.15, 0.2) is 0 Å². The molecule has 0 saturated carbocycles. The number of aromatic nitrogens is 1. The number of carbonyl (C=O) groups excluding carboxylic acids is 1. The Morgan fingerprint density at radius 3 is 2.65 bits per heavy atom. The van der Waals surface area contributed by atoms with Crippen LogP contribution in [0.3, 0.4) is 0 Å². The lowest BCUT2D eigenvalue weighted by molar-refractivity contribution is -0.147. The van der Waals surface area contributed by atoms with Crippen LogP contribution in [0, 0.1) is 5.92 Å². The van der Waals surface area contributed by atoms with E-state index in [9.17, 15) is 4.79 Å². The Hall–Kier alpha value is -1.42. The molecule has 1 heterocycles. The number of nitrogens with zero attached hydrogens (tertiary/aromatic N) is 1. The standard InChI is InChI=1S/C13H20N2O2/c1-4-17-13(16)10(2)9-15-11(3)12-5-7-14-8-6-12/h5-8,10-11,15H,4,9H2,1-3H3. The van der Waals surface area contributed by atoms with E-state index in [0.29, 0.717) is 13.2 Å². The number of ether oxygens (including phenoxy) is 1. The van der Waals surface area contributed by atoms with Crippen LogP contribution in [0.15, 0.2) is 24.5 Å². The smallest absolute Gasteiger partial charge is 0.309 e. The van der Waals surface area contributed by atoms with Crippen molar-refractivity contribution in [2.45, 2.75) is 26.8 Å². The summed E-state index contributed by atoms with van der Waals surface area (Å²) in [5.41, 5.74) is 1.16. The van der Waals surface area contributed by atoms with E-state index in [0.717, 1.165) is 5.56 Å². The first kappa shape index (κ1) is 13.6. The van der Waals surface area contributed by atoms with Crippen molar-refractivity contribution in [3.8, 4) is 0 Å². The zero-order valence-corrected chi connectivity index (χ0v) is 10.6. The molecule has 1 aromatic rings. The van der Waals surface area contributed by atoms with Gasteiger partial charge in [0.2, 0.25) is 0 Å². The van der Waals surface area contributed by atoms with Gasteiger partial charge < -0.3 is 10.1 Å². The predicted molar refractivity (Wildman–Crippen MR) is 66.5 cm³/mol. The molecular weight excluding hydrogens is 216 g/mol. The first-order chi connectivity index (χ1) is 8.15. The Labute approximate surface area is 102 Å². The number of hydrogen-bond donors (Lipinski definition) is 1. The van der Waals surface area contributed by atoms with Gasteiger partial charge >= 0.3 is 5.97 Å². The molecule has 0 fully saturated rings. The van der Waals surface area contributed by atoms with Gasteiger partial charge in [0, 0.05) is 25.0 Å². The van der Waals surface area contributed by atoms with Crippen molar-refractivity contribution in [3.05, 3.63) is 30.1 Å². The number of hydrogen-bond acceptors (Lipinski definition) is 4. The molecule has 0 spiro atoms. The van der Waals surface area contributed by atoms with Crippen LogP contribution in [-0.2, 0) is 9.53 Å². The maximum Gasteiger partial charge on any atom is 0.309 e. The molecule has 2 unspecified atom stereocenters.